The van der Waals surface area contributed by atoms with E-state index in [4.69, 9.17) is 0 Å². The first kappa shape index (κ1) is 20.6. The summed E-state index contributed by atoms with van der Waals surface area (Å²) in [5, 5.41) is 15.5. The Balaban J connectivity index is 1.52. The Labute approximate surface area is 192 Å². The lowest BCUT2D eigenvalue weighted by molar-refractivity contribution is -0.114. The minimum atomic E-state index is -0.176. The predicted octanol–water partition coefficient (Wildman–Crippen LogP) is 4.38. The van der Waals surface area contributed by atoms with Crippen molar-refractivity contribution in [2.75, 3.05) is 16.8 Å². The number of benzene rings is 3. The molecule has 1 amide bonds. The molecule has 0 unspecified atom stereocenters. The van der Waals surface area contributed by atoms with E-state index in [1.54, 1.807) is 4.68 Å². The number of carbonyl (C=O) groups excluding carboxylic acids is 1. The number of aryl methyl sites for hydroxylation is 2. The first-order valence-electron chi connectivity index (χ1n) is 10.8. The van der Waals surface area contributed by atoms with Gasteiger partial charge in [-0.25, -0.2) is 0 Å². The molecule has 1 atom stereocenters. The smallest absolute Gasteiger partial charge is 0.251 e. The second-order valence-electron chi connectivity index (χ2n) is 8.21. The third kappa shape index (κ3) is 4.25. The maximum atomic E-state index is 13.1. The number of carbonyl (C=O) groups is 1. The number of amides is 1. The lowest BCUT2D eigenvalue weighted by atomic mass is 10.0. The maximum Gasteiger partial charge on any atom is 0.251 e. The summed E-state index contributed by atoms with van der Waals surface area (Å²) >= 11 is 0. The van der Waals surface area contributed by atoms with Crippen LogP contribution in [-0.2, 0) is 4.79 Å². The van der Waals surface area contributed by atoms with Gasteiger partial charge in [-0.05, 0) is 64.7 Å². The number of nitrogens with one attached hydrogen (secondary N) is 1. The SMILES string of the molecule is Cc1cc(C)cc(NC(=O)CN2C(c3ccccc3)=C[C@H](c3ccccc3)n3nnnc32)c1. The van der Waals surface area contributed by atoms with E-state index in [2.05, 4.69) is 45.1 Å². The summed E-state index contributed by atoms with van der Waals surface area (Å²) in [6, 6.07) is 25.9. The molecule has 0 radical (unpaired) electrons. The summed E-state index contributed by atoms with van der Waals surface area (Å²) in [4.78, 5) is 15.0. The highest BCUT2D eigenvalue weighted by molar-refractivity contribution is 5.97. The molecule has 1 aromatic heterocycles. The number of nitrogens with zero attached hydrogens (tertiary/aromatic N) is 5. The molecule has 1 aliphatic heterocycles. The Kier molecular flexibility index (Phi) is 5.44. The van der Waals surface area contributed by atoms with Crippen LogP contribution in [0.1, 0.15) is 28.3 Å². The molecular weight excluding hydrogens is 412 g/mol. The third-order valence-electron chi connectivity index (χ3n) is 5.60. The van der Waals surface area contributed by atoms with Crippen LogP contribution in [0.2, 0.25) is 0 Å². The van der Waals surface area contributed by atoms with Crippen molar-refractivity contribution >= 4 is 23.2 Å². The fourth-order valence-corrected chi connectivity index (χ4v) is 4.26. The quantitative estimate of drug-likeness (QED) is 0.503. The van der Waals surface area contributed by atoms with Gasteiger partial charge in [-0.15, -0.1) is 0 Å². The molecule has 4 aromatic rings. The maximum absolute atomic E-state index is 13.1. The molecule has 164 valence electrons. The Morgan fingerprint density at radius 1 is 0.939 bits per heavy atom. The van der Waals surface area contributed by atoms with Crippen LogP contribution in [0.25, 0.3) is 5.70 Å². The minimum Gasteiger partial charge on any atom is -0.325 e. The summed E-state index contributed by atoms with van der Waals surface area (Å²) in [6.07, 6.45) is 2.11. The molecule has 2 heterocycles. The van der Waals surface area contributed by atoms with Gasteiger partial charge in [0, 0.05) is 5.69 Å². The summed E-state index contributed by atoms with van der Waals surface area (Å²) in [5.41, 5.74) is 5.93. The molecule has 0 spiro atoms. The summed E-state index contributed by atoms with van der Waals surface area (Å²) in [5.74, 6) is 0.385. The molecule has 0 bridgehead atoms. The van der Waals surface area contributed by atoms with Gasteiger partial charge in [0.1, 0.15) is 12.6 Å². The lowest BCUT2D eigenvalue weighted by Crippen LogP contribution is -2.37. The highest BCUT2D eigenvalue weighted by atomic mass is 16.2. The summed E-state index contributed by atoms with van der Waals surface area (Å²) < 4.78 is 1.76. The number of tetrazole rings is 1. The fourth-order valence-electron chi connectivity index (χ4n) is 4.26. The standard InChI is InChI=1S/C26H24N6O/c1-18-13-19(2)15-22(14-18)27-25(33)17-31-23(20-9-5-3-6-10-20)16-24(21-11-7-4-8-12-21)32-26(31)28-29-30-32/h3-16,24H,17H2,1-2H3,(H,27,33)/t24-/m1/s1. The molecule has 0 aliphatic carbocycles. The Bertz CT molecular complexity index is 1290. The monoisotopic (exact) mass is 436 g/mol. The molecule has 0 fully saturated rings. The van der Waals surface area contributed by atoms with E-state index in [9.17, 15) is 4.79 Å². The van der Waals surface area contributed by atoms with Crippen molar-refractivity contribution in [3.8, 4) is 0 Å². The van der Waals surface area contributed by atoms with Crippen molar-refractivity contribution in [3.63, 3.8) is 0 Å². The normalized spacial score (nSPS) is 15.0. The van der Waals surface area contributed by atoms with Gasteiger partial charge in [-0.2, -0.15) is 4.68 Å². The number of aromatic nitrogens is 4. The van der Waals surface area contributed by atoms with Gasteiger partial charge < -0.3 is 5.32 Å². The van der Waals surface area contributed by atoms with Crippen LogP contribution in [0.4, 0.5) is 11.6 Å². The van der Waals surface area contributed by atoms with Crippen molar-refractivity contribution < 1.29 is 4.79 Å². The number of allylic oxidation sites excluding steroid dienone is 1. The van der Waals surface area contributed by atoms with Gasteiger partial charge in [0.2, 0.25) is 5.91 Å². The van der Waals surface area contributed by atoms with E-state index in [1.807, 2.05) is 79.4 Å². The van der Waals surface area contributed by atoms with Gasteiger partial charge in [0.25, 0.3) is 5.95 Å². The predicted molar refractivity (Wildman–Crippen MR) is 129 cm³/mol. The zero-order chi connectivity index (χ0) is 22.8. The molecule has 3 aromatic carbocycles. The molecule has 0 saturated carbocycles. The Morgan fingerprint density at radius 2 is 1.61 bits per heavy atom. The largest absolute Gasteiger partial charge is 0.325 e. The van der Waals surface area contributed by atoms with Crippen LogP contribution in [-0.4, -0.2) is 32.7 Å². The molecular formula is C26H24N6O. The molecule has 1 N–H and O–H groups in total. The Hall–Kier alpha value is -4.26. The van der Waals surface area contributed by atoms with Crippen LogP contribution in [0, 0.1) is 13.8 Å². The lowest BCUT2D eigenvalue weighted by Gasteiger charge is -2.32. The van der Waals surface area contributed by atoms with Crippen LogP contribution >= 0.6 is 0 Å². The average molecular weight is 437 g/mol. The van der Waals surface area contributed by atoms with Crippen molar-refractivity contribution in [1.82, 2.24) is 20.2 Å². The van der Waals surface area contributed by atoms with E-state index in [0.29, 0.717) is 5.95 Å². The van der Waals surface area contributed by atoms with Crippen molar-refractivity contribution in [2.45, 2.75) is 19.9 Å². The van der Waals surface area contributed by atoms with Gasteiger partial charge in [-0.3, -0.25) is 9.69 Å². The number of anilines is 2. The van der Waals surface area contributed by atoms with Crippen LogP contribution in [0.15, 0.2) is 84.9 Å². The second-order valence-corrected chi connectivity index (χ2v) is 8.21. The average Bonchev–Trinajstić information content (AvgIpc) is 3.30. The van der Waals surface area contributed by atoms with Gasteiger partial charge in [-0.1, -0.05) is 71.8 Å². The molecule has 7 heteroatoms. The van der Waals surface area contributed by atoms with Gasteiger partial charge in [0.05, 0.1) is 5.70 Å². The van der Waals surface area contributed by atoms with Crippen LogP contribution in [0.3, 0.4) is 0 Å². The van der Waals surface area contributed by atoms with Crippen LogP contribution < -0.4 is 10.2 Å². The van der Waals surface area contributed by atoms with E-state index < -0.39 is 0 Å². The third-order valence-corrected chi connectivity index (χ3v) is 5.60. The van der Waals surface area contributed by atoms with Crippen molar-refractivity contribution in [2.24, 2.45) is 0 Å². The van der Waals surface area contributed by atoms with Crippen molar-refractivity contribution in [1.29, 1.82) is 0 Å². The number of fused-ring (bicyclic) bond motifs is 1. The highest BCUT2D eigenvalue weighted by Crippen LogP contribution is 2.36. The fraction of sp³-hybridized carbons (Fsp3) is 0.154. The summed E-state index contributed by atoms with van der Waals surface area (Å²) in [7, 11) is 0. The molecule has 5 rings (SSSR count). The van der Waals surface area contributed by atoms with Gasteiger partial charge in [0.15, 0.2) is 0 Å². The molecule has 33 heavy (non-hydrogen) atoms. The van der Waals surface area contributed by atoms with E-state index in [0.717, 1.165) is 33.6 Å². The second kappa shape index (κ2) is 8.70. The van der Waals surface area contributed by atoms with E-state index >= 15 is 0 Å². The number of rotatable bonds is 5. The molecule has 7 nitrogen and oxygen atoms in total. The van der Waals surface area contributed by atoms with Gasteiger partial charge >= 0.3 is 0 Å². The molecule has 1 aliphatic rings. The summed E-state index contributed by atoms with van der Waals surface area (Å²) in [6.45, 7) is 4.11. The molecule has 0 saturated heterocycles. The number of hydrogen-bond donors (Lipinski definition) is 1. The van der Waals surface area contributed by atoms with Crippen LogP contribution in [0.5, 0.6) is 0 Å². The zero-order valence-electron chi connectivity index (χ0n) is 18.5. The number of hydrogen-bond acceptors (Lipinski definition) is 5. The Morgan fingerprint density at radius 3 is 2.30 bits per heavy atom. The topological polar surface area (TPSA) is 75.9 Å². The minimum absolute atomic E-state index is 0.0790. The highest BCUT2D eigenvalue weighted by Gasteiger charge is 2.31. The van der Waals surface area contributed by atoms with Crippen molar-refractivity contribution in [3.05, 3.63) is 107 Å². The first-order valence-corrected chi connectivity index (χ1v) is 10.8. The van der Waals surface area contributed by atoms with E-state index in [1.165, 1.54) is 0 Å². The van der Waals surface area contributed by atoms with E-state index in [-0.39, 0.29) is 18.5 Å². The zero-order valence-corrected chi connectivity index (χ0v) is 18.5. The first-order chi connectivity index (χ1) is 16.1.